The van der Waals surface area contributed by atoms with Crippen LogP contribution in [0.5, 0.6) is 0 Å². The van der Waals surface area contributed by atoms with Gasteiger partial charge in [-0.25, -0.2) is 9.97 Å². The van der Waals surface area contributed by atoms with Crippen LogP contribution in [0.25, 0.3) is 10.2 Å². The predicted octanol–water partition coefficient (Wildman–Crippen LogP) is 2.65. The summed E-state index contributed by atoms with van der Waals surface area (Å²) in [5.41, 5.74) is 1.31. The molecule has 26 heavy (non-hydrogen) atoms. The molecule has 0 radical (unpaired) electrons. The molecular formula is C19H29N5OS. The van der Waals surface area contributed by atoms with Gasteiger partial charge in [0.1, 0.15) is 16.5 Å². The monoisotopic (exact) mass is 375 g/mol. The maximum atomic E-state index is 5.45. The Bertz CT molecular complexity index is 750. The van der Waals surface area contributed by atoms with E-state index < -0.39 is 0 Å². The standard InChI is InChI=1S/C19H29N5OS/c1-14-15(2)26-19-17(14)18(20-5-8-23-6-3-4-7-23)21-16(22-19)13-24-9-11-25-12-10-24/h3-13H2,1-2H3,(H,20,21,22). The third-order valence-electron chi connectivity index (χ3n) is 5.46. The first-order valence-corrected chi connectivity index (χ1v) is 10.6. The number of morpholine rings is 1. The zero-order valence-corrected chi connectivity index (χ0v) is 16.7. The molecule has 0 amide bonds. The molecule has 6 nitrogen and oxygen atoms in total. The number of nitrogens with zero attached hydrogens (tertiary/aromatic N) is 4. The molecule has 2 aromatic rings. The number of hydrogen-bond acceptors (Lipinski definition) is 7. The Balaban J connectivity index is 1.53. The number of ether oxygens (including phenoxy) is 1. The van der Waals surface area contributed by atoms with Crippen LogP contribution in [0.4, 0.5) is 5.82 Å². The van der Waals surface area contributed by atoms with Gasteiger partial charge in [-0.15, -0.1) is 11.3 Å². The minimum Gasteiger partial charge on any atom is -0.379 e. The predicted molar refractivity (Wildman–Crippen MR) is 107 cm³/mol. The molecule has 0 saturated carbocycles. The lowest BCUT2D eigenvalue weighted by molar-refractivity contribution is 0.0331. The van der Waals surface area contributed by atoms with Crippen molar-refractivity contribution in [1.29, 1.82) is 0 Å². The number of fused-ring (bicyclic) bond motifs is 1. The summed E-state index contributed by atoms with van der Waals surface area (Å²) in [5.74, 6) is 1.93. The molecule has 0 spiro atoms. The highest BCUT2D eigenvalue weighted by Gasteiger charge is 2.18. The Hall–Kier alpha value is -1.28. The van der Waals surface area contributed by atoms with E-state index in [-0.39, 0.29) is 0 Å². The van der Waals surface area contributed by atoms with Gasteiger partial charge in [0.15, 0.2) is 0 Å². The van der Waals surface area contributed by atoms with Crippen LogP contribution in [0.1, 0.15) is 29.1 Å². The van der Waals surface area contributed by atoms with E-state index >= 15 is 0 Å². The molecule has 1 N–H and O–H groups in total. The van der Waals surface area contributed by atoms with E-state index in [1.807, 2.05) is 0 Å². The number of anilines is 1. The topological polar surface area (TPSA) is 53.5 Å². The summed E-state index contributed by atoms with van der Waals surface area (Å²) in [6, 6.07) is 0. The van der Waals surface area contributed by atoms with E-state index in [9.17, 15) is 0 Å². The summed E-state index contributed by atoms with van der Waals surface area (Å²) >= 11 is 1.78. The van der Waals surface area contributed by atoms with Crippen molar-refractivity contribution in [1.82, 2.24) is 19.8 Å². The molecule has 0 aromatic carbocycles. The van der Waals surface area contributed by atoms with Crippen LogP contribution in [-0.4, -0.2) is 72.3 Å². The van der Waals surface area contributed by atoms with Gasteiger partial charge in [-0.2, -0.15) is 0 Å². The van der Waals surface area contributed by atoms with Crippen molar-refractivity contribution in [2.24, 2.45) is 0 Å². The summed E-state index contributed by atoms with van der Waals surface area (Å²) in [7, 11) is 0. The number of likely N-dealkylation sites (tertiary alicyclic amines) is 1. The summed E-state index contributed by atoms with van der Waals surface area (Å²) in [5, 5.41) is 4.83. The molecule has 2 aromatic heterocycles. The first-order chi connectivity index (χ1) is 12.7. The lowest BCUT2D eigenvalue weighted by Crippen LogP contribution is -2.36. The van der Waals surface area contributed by atoms with Crippen LogP contribution in [0.2, 0.25) is 0 Å². The van der Waals surface area contributed by atoms with Gasteiger partial charge < -0.3 is 15.0 Å². The van der Waals surface area contributed by atoms with E-state index in [2.05, 4.69) is 29.0 Å². The fourth-order valence-corrected chi connectivity index (χ4v) is 4.84. The summed E-state index contributed by atoms with van der Waals surface area (Å²) < 4.78 is 5.45. The highest BCUT2D eigenvalue weighted by atomic mass is 32.1. The van der Waals surface area contributed by atoms with E-state index in [0.29, 0.717) is 0 Å². The molecule has 142 valence electrons. The van der Waals surface area contributed by atoms with Gasteiger partial charge in [-0.3, -0.25) is 4.90 Å². The Morgan fingerprint density at radius 1 is 1.04 bits per heavy atom. The average Bonchev–Trinajstić information content (AvgIpc) is 3.24. The van der Waals surface area contributed by atoms with Gasteiger partial charge in [0.2, 0.25) is 0 Å². The smallest absolute Gasteiger partial charge is 0.146 e. The van der Waals surface area contributed by atoms with Crippen molar-refractivity contribution in [2.45, 2.75) is 33.2 Å². The van der Waals surface area contributed by atoms with Crippen LogP contribution < -0.4 is 5.32 Å². The van der Waals surface area contributed by atoms with Crippen molar-refractivity contribution in [3.05, 3.63) is 16.3 Å². The van der Waals surface area contributed by atoms with Crippen molar-refractivity contribution < 1.29 is 4.74 Å². The third kappa shape index (κ3) is 4.01. The lowest BCUT2D eigenvalue weighted by atomic mass is 10.2. The van der Waals surface area contributed by atoms with Gasteiger partial charge in [-0.1, -0.05) is 0 Å². The lowest BCUT2D eigenvalue weighted by Gasteiger charge is -2.26. The maximum absolute atomic E-state index is 5.45. The minimum atomic E-state index is 0.802. The van der Waals surface area contributed by atoms with Crippen LogP contribution in [0, 0.1) is 13.8 Å². The van der Waals surface area contributed by atoms with E-state index in [1.54, 1.807) is 11.3 Å². The minimum absolute atomic E-state index is 0.802. The zero-order valence-electron chi connectivity index (χ0n) is 15.9. The normalized spacial score (nSPS) is 19.5. The van der Waals surface area contributed by atoms with Gasteiger partial charge in [-0.05, 0) is 45.3 Å². The second kappa shape index (κ2) is 8.17. The number of rotatable bonds is 6. The molecule has 0 aliphatic carbocycles. The van der Waals surface area contributed by atoms with Gasteiger partial charge in [0, 0.05) is 31.1 Å². The largest absolute Gasteiger partial charge is 0.379 e. The van der Waals surface area contributed by atoms with Crippen molar-refractivity contribution in [2.75, 3.05) is 57.8 Å². The van der Waals surface area contributed by atoms with Gasteiger partial charge in [0.25, 0.3) is 0 Å². The molecule has 7 heteroatoms. The summed E-state index contributed by atoms with van der Waals surface area (Å²) in [6.07, 6.45) is 2.68. The second-order valence-corrected chi connectivity index (χ2v) is 8.52. The Labute approximate surface area is 159 Å². The first kappa shape index (κ1) is 18.1. The number of nitrogens with one attached hydrogen (secondary N) is 1. The molecule has 0 atom stereocenters. The van der Waals surface area contributed by atoms with Crippen LogP contribution in [0.15, 0.2) is 0 Å². The second-order valence-electron chi connectivity index (χ2n) is 7.32. The molecule has 2 aliphatic heterocycles. The molecule has 4 rings (SSSR count). The van der Waals surface area contributed by atoms with Gasteiger partial charge in [0.05, 0.1) is 25.1 Å². The summed E-state index contributed by atoms with van der Waals surface area (Å²) in [6.45, 7) is 13.2. The average molecular weight is 376 g/mol. The number of thiophene rings is 1. The van der Waals surface area contributed by atoms with E-state index in [4.69, 9.17) is 14.7 Å². The number of aromatic nitrogens is 2. The van der Waals surface area contributed by atoms with Crippen LogP contribution in [-0.2, 0) is 11.3 Å². The number of aryl methyl sites for hydroxylation is 2. The Morgan fingerprint density at radius 3 is 2.58 bits per heavy atom. The van der Waals surface area contributed by atoms with Crippen molar-refractivity contribution in [3.63, 3.8) is 0 Å². The number of hydrogen-bond donors (Lipinski definition) is 1. The zero-order chi connectivity index (χ0) is 17.9. The first-order valence-electron chi connectivity index (χ1n) is 9.73. The Kier molecular flexibility index (Phi) is 5.69. The molecule has 0 unspecified atom stereocenters. The molecule has 0 bridgehead atoms. The fraction of sp³-hybridized carbons (Fsp3) is 0.684. The highest BCUT2D eigenvalue weighted by Crippen LogP contribution is 2.33. The van der Waals surface area contributed by atoms with E-state index in [1.165, 1.54) is 41.8 Å². The molecule has 2 saturated heterocycles. The van der Waals surface area contributed by atoms with Crippen LogP contribution in [0.3, 0.4) is 0 Å². The molecular weight excluding hydrogens is 346 g/mol. The molecule has 2 fully saturated rings. The highest BCUT2D eigenvalue weighted by molar-refractivity contribution is 7.18. The molecule has 4 heterocycles. The summed E-state index contributed by atoms with van der Waals surface area (Å²) in [4.78, 5) is 17.1. The van der Waals surface area contributed by atoms with Crippen LogP contribution >= 0.6 is 11.3 Å². The van der Waals surface area contributed by atoms with Gasteiger partial charge >= 0.3 is 0 Å². The molecule has 2 aliphatic rings. The Morgan fingerprint density at radius 2 is 1.81 bits per heavy atom. The fourth-order valence-electron chi connectivity index (χ4n) is 3.79. The quantitative estimate of drug-likeness (QED) is 0.838. The SMILES string of the molecule is Cc1sc2nc(CN3CCOCC3)nc(NCCN3CCCC3)c2c1C. The van der Waals surface area contributed by atoms with Crippen molar-refractivity contribution >= 4 is 27.4 Å². The third-order valence-corrected chi connectivity index (χ3v) is 6.56. The van der Waals surface area contributed by atoms with E-state index in [0.717, 1.165) is 62.4 Å². The van der Waals surface area contributed by atoms with Crippen molar-refractivity contribution in [3.8, 4) is 0 Å². The maximum Gasteiger partial charge on any atom is 0.146 e.